The average Bonchev–Trinajstić information content (AvgIpc) is 2.57. The van der Waals surface area contributed by atoms with E-state index < -0.39 is 0 Å². The SMILES string of the molecule is C=Cc1ccccc1-c1cc(C)c(-c2ccccc2)c[n+]1C. The molecule has 0 saturated heterocycles. The van der Waals surface area contributed by atoms with E-state index in [0.717, 1.165) is 5.56 Å². The molecule has 1 heteroatoms. The molecular formula is C21H20N+. The number of hydrogen-bond acceptors (Lipinski definition) is 0. The fourth-order valence-corrected chi connectivity index (χ4v) is 2.85. The first-order valence-electron chi connectivity index (χ1n) is 7.48. The lowest BCUT2D eigenvalue weighted by Crippen LogP contribution is -2.31. The third kappa shape index (κ3) is 2.58. The molecule has 108 valence electrons. The highest BCUT2D eigenvalue weighted by Gasteiger charge is 2.16. The van der Waals surface area contributed by atoms with Crippen LogP contribution in [0.15, 0.2) is 73.4 Å². The lowest BCUT2D eigenvalue weighted by molar-refractivity contribution is -0.659. The molecule has 0 aliphatic rings. The molecule has 2 aromatic carbocycles. The molecule has 22 heavy (non-hydrogen) atoms. The van der Waals surface area contributed by atoms with Crippen LogP contribution in [0, 0.1) is 6.92 Å². The molecule has 0 spiro atoms. The molecule has 0 atom stereocenters. The molecule has 0 N–H and O–H groups in total. The van der Waals surface area contributed by atoms with Gasteiger partial charge in [0.05, 0.1) is 5.56 Å². The summed E-state index contributed by atoms with van der Waals surface area (Å²) in [6, 6.07) is 21.1. The Morgan fingerprint density at radius 1 is 0.909 bits per heavy atom. The largest absolute Gasteiger partial charge is 0.213 e. The zero-order chi connectivity index (χ0) is 15.5. The second kappa shape index (κ2) is 5.98. The maximum absolute atomic E-state index is 3.93. The van der Waals surface area contributed by atoms with Crippen molar-refractivity contribution in [2.45, 2.75) is 6.92 Å². The van der Waals surface area contributed by atoms with Crippen molar-refractivity contribution in [1.82, 2.24) is 0 Å². The lowest BCUT2D eigenvalue weighted by atomic mass is 9.98. The van der Waals surface area contributed by atoms with Gasteiger partial charge < -0.3 is 0 Å². The number of pyridine rings is 1. The van der Waals surface area contributed by atoms with Crippen LogP contribution in [0.25, 0.3) is 28.5 Å². The number of rotatable bonds is 3. The lowest BCUT2D eigenvalue weighted by Gasteiger charge is -2.09. The van der Waals surface area contributed by atoms with E-state index in [2.05, 4.69) is 79.8 Å². The fraction of sp³-hybridized carbons (Fsp3) is 0.0952. The van der Waals surface area contributed by atoms with Crippen molar-refractivity contribution >= 4 is 6.08 Å². The number of nitrogens with zero attached hydrogens (tertiary/aromatic N) is 1. The molecule has 0 unspecified atom stereocenters. The predicted molar refractivity (Wildman–Crippen MR) is 93.3 cm³/mol. The molecule has 0 amide bonds. The Bertz CT molecular complexity index is 817. The van der Waals surface area contributed by atoms with Gasteiger partial charge in [0.25, 0.3) is 0 Å². The van der Waals surface area contributed by atoms with Crippen molar-refractivity contribution in [3.8, 4) is 22.4 Å². The van der Waals surface area contributed by atoms with Gasteiger partial charge in [-0.2, -0.15) is 0 Å². The quantitative estimate of drug-likeness (QED) is 0.609. The van der Waals surface area contributed by atoms with Gasteiger partial charge in [-0.25, -0.2) is 4.57 Å². The van der Waals surface area contributed by atoms with Crippen LogP contribution in [0.4, 0.5) is 0 Å². The van der Waals surface area contributed by atoms with Gasteiger partial charge in [0.15, 0.2) is 6.20 Å². The van der Waals surface area contributed by atoms with Gasteiger partial charge in [-0.3, -0.25) is 0 Å². The summed E-state index contributed by atoms with van der Waals surface area (Å²) in [7, 11) is 2.10. The van der Waals surface area contributed by atoms with Crippen molar-refractivity contribution in [3.05, 3.63) is 84.6 Å². The molecule has 0 fully saturated rings. The summed E-state index contributed by atoms with van der Waals surface area (Å²) in [5.74, 6) is 0. The van der Waals surface area contributed by atoms with Crippen LogP contribution in [0.3, 0.4) is 0 Å². The standard InChI is InChI=1S/C21H20N/c1-4-17-10-8-9-13-19(17)21-14-16(2)20(15-22(21)3)18-11-6-5-7-12-18/h4-15H,1H2,2-3H3/q+1. The van der Waals surface area contributed by atoms with E-state index in [1.807, 2.05) is 18.2 Å². The molecular weight excluding hydrogens is 266 g/mol. The first kappa shape index (κ1) is 14.3. The molecule has 3 aromatic rings. The predicted octanol–water partition coefficient (Wildman–Crippen LogP) is 4.80. The fourth-order valence-electron chi connectivity index (χ4n) is 2.85. The van der Waals surface area contributed by atoms with E-state index in [1.54, 1.807) is 0 Å². The van der Waals surface area contributed by atoms with Crippen LogP contribution < -0.4 is 4.57 Å². The second-order valence-electron chi connectivity index (χ2n) is 5.52. The molecule has 1 aromatic heterocycles. The highest BCUT2D eigenvalue weighted by molar-refractivity contribution is 5.73. The summed E-state index contributed by atoms with van der Waals surface area (Å²) in [5, 5.41) is 0. The first-order valence-corrected chi connectivity index (χ1v) is 7.48. The topological polar surface area (TPSA) is 3.88 Å². The van der Waals surface area contributed by atoms with Gasteiger partial charge >= 0.3 is 0 Å². The molecule has 0 saturated carbocycles. The summed E-state index contributed by atoms with van der Waals surface area (Å²) in [4.78, 5) is 0. The monoisotopic (exact) mass is 286 g/mol. The van der Waals surface area contributed by atoms with Crippen molar-refractivity contribution in [2.75, 3.05) is 0 Å². The van der Waals surface area contributed by atoms with Gasteiger partial charge in [0.2, 0.25) is 5.69 Å². The molecule has 0 bridgehead atoms. The van der Waals surface area contributed by atoms with E-state index in [0.29, 0.717) is 0 Å². The molecule has 0 aliphatic carbocycles. The van der Waals surface area contributed by atoms with Crippen molar-refractivity contribution in [3.63, 3.8) is 0 Å². The van der Waals surface area contributed by atoms with Crippen LogP contribution >= 0.6 is 0 Å². The number of aryl methyl sites for hydroxylation is 2. The van der Waals surface area contributed by atoms with E-state index in [1.165, 1.54) is 27.9 Å². The molecule has 3 rings (SSSR count). The zero-order valence-corrected chi connectivity index (χ0v) is 13.1. The van der Waals surface area contributed by atoms with Crippen LogP contribution in [0.1, 0.15) is 11.1 Å². The summed E-state index contributed by atoms with van der Waals surface area (Å²) in [6.45, 7) is 6.09. The Morgan fingerprint density at radius 2 is 1.59 bits per heavy atom. The molecule has 1 nitrogen and oxygen atoms in total. The van der Waals surface area contributed by atoms with E-state index in [4.69, 9.17) is 0 Å². The van der Waals surface area contributed by atoms with Gasteiger partial charge in [0, 0.05) is 11.6 Å². The molecule has 0 aliphatic heterocycles. The number of benzene rings is 2. The summed E-state index contributed by atoms with van der Waals surface area (Å²) >= 11 is 0. The molecule has 1 heterocycles. The van der Waals surface area contributed by atoms with Crippen molar-refractivity contribution in [2.24, 2.45) is 7.05 Å². The third-order valence-corrected chi connectivity index (χ3v) is 4.02. The normalized spacial score (nSPS) is 10.5. The van der Waals surface area contributed by atoms with Crippen LogP contribution in [-0.4, -0.2) is 0 Å². The van der Waals surface area contributed by atoms with E-state index in [-0.39, 0.29) is 0 Å². The van der Waals surface area contributed by atoms with E-state index >= 15 is 0 Å². The zero-order valence-electron chi connectivity index (χ0n) is 13.1. The van der Waals surface area contributed by atoms with Crippen LogP contribution in [-0.2, 0) is 7.05 Å². The highest BCUT2D eigenvalue weighted by atomic mass is 14.9. The van der Waals surface area contributed by atoms with Gasteiger partial charge in [0.1, 0.15) is 7.05 Å². The Labute approximate surface area is 132 Å². The average molecular weight is 286 g/mol. The van der Waals surface area contributed by atoms with Gasteiger partial charge in [-0.15, -0.1) is 0 Å². The Hall–Kier alpha value is -2.67. The third-order valence-electron chi connectivity index (χ3n) is 4.02. The van der Waals surface area contributed by atoms with Crippen LogP contribution in [0.2, 0.25) is 0 Å². The highest BCUT2D eigenvalue weighted by Crippen LogP contribution is 2.27. The smallest absolute Gasteiger partial charge is 0.200 e. The molecule has 0 radical (unpaired) electrons. The number of hydrogen-bond donors (Lipinski definition) is 0. The van der Waals surface area contributed by atoms with E-state index in [9.17, 15) is 0 Å². The second-order valence-corrected chi connectivity index (χ2v) is 5.52. The minimum absolute atomic E-state index is 1.16. The Kier molecular flexibility index (Phi) is 3.88. The summed E-state index contributed by atoms with van der Waals surface area (Å²) in [5.41, 5.74) is 7.36. The van der Waals surface area contributed by atoms with Crippen LogP contribution in [0.5, 0.6) is 0 Å². The Morgan fingerprint density at radius 3 is 2.32 bits per heavy atom. The van der Waals surface area contributed by atoms with Crippen molar-refractivity contribution in [1.29, 1.82) is 0 Å². The number of aromatic nitrogens is 1. The summed E-state index contributed by atoms with van der Waals surface area (Å²) in [6.07, 6.45) is 4.12. The minimum Gasteiger partial charge on any atom is -0.200 e. The maximum Gasteiger partial charge on any atom is 0.213 e. The van der Waals surface area contributed by atoms with Gasteiger partial charge in [-0.1, -0.05) is 61.2 Å². The maximum atomic E-state index is 3.93. The van der Waals surface area contributed by atoms with Gasteiger partial charge in [-0.05, 0) is 29.7 Å². The minimum atomic E-state index is 1.16. The Balaban J connectivity index is 2.17. The van der Waals surface area contributed by atoms with Crippen molar-refractivity contribution < 1.29 is 4.57 Å². The first-order chi connectivity index (χ1) is 10.7. The summed E-state index contributed by atoms with van der Waals surface area (Å²) < 4.78 is 2.19.